The van der Waals surface area contributed by atoms with Gasteiger partial charge >= 0.3 is 6.18 Å². The first-order chi connectivity index (χ1) is 8.61. The lowest BCUT2D eigenvalue weighted by Gasteiger charge is -2.21. The van der Waals surface area contributed by atoms with E-state index < -0.39 is 22.7 Å². The smallest absolute Gasteiger partial charge is 0.352 e. The largest absolute Gasteiger partial charge is 0.402 e. The molecule has 0 amide bonds. The molecule has 0 fully saturated rings. The molecule has 0 saturated heterocycles. The van der Waals surface area contributed by atoms with Gasteiger partial charge in [-0.3, -0.25) is 0 Å². The average Bonchev–Trinajstić information content (AvgIpc) is 2.66. The van der Waals surface area contributed by atoms with E-state index in [9.17, 15) is 21.6 Å². The molecule has 1 rings (SSSR count). The molecule has 0 saturated carbocycles. The van der Waals surface area contributed by atoms with E-state index in [1.165, 1.54) is 23.8 Å². The predicted molar refractivity (Wildman–Crippen MR) is 63.8 cm³/mol. The molecule has 0 aromatic carbocycles. The lowest BCUT2D eigenvalue weighted by Crippen LogP contribution is -2.38. The molecule has 0 aliphatic carbocycles. The molecule has 0 aliphatic heterocycles. The number of aromatic nitrogens is 1. The van der Waals surface area contributed by atoms with Gasteiger partial charge in [0.05, 0.1) is 0 Å². The number of hydrogen-bond donors (Lipinski definition) is 1. The zero-order chi connectivity index (χ0) is 14.8. The van der Waals surface area contributed by atoms with Crippen LogP contribution in [0.1, 0.15) is 12.6 Å². The van der Waals surface area contributed by atoms with E-state index in [0.29, 0.717) is 10.00 Å². The van der Waals surface area contributed by atoms with Crippen LogP contribution in [0.3, 0.4) is 0 Å². The van der Waals surface area contributed by atoms with Crippen LogP contribution < -0.4 is 5.73 Å². The molecule has 0 atom stereocenters. The maximum atomic E-state index is 12.4. The van der Waals surface area contributed by atoms with Crippen LogP contribution in [0.2, 0.25) is 0 Å². The zero-order valence-electron chi connectivity index (χ0n) is 10.6. The molecular weight excluding hydrogens is 283 g/mol. The van der Waals surface area contributed by atoms with Crippen molar-refractivity contribution in [1.29, 1.82) is 0 Å². The molecule has 9 heteroatoms. The van der Waals surface area contributed by atoms with Crippen molar-refractivity contribution in [3.05, 3.63) is 18.0 Å². The first kappa shape index (κ1) is 16.0. The minimum Gasteiger partial charge on any atom is -0.352 e. The Morgan fingerprint density at radius 3 is 2.37 bits per heavy atom. The Morgan fingerprint density at radius 1 is 1.42 bits per heavy atom. The quantitative estimate of drug-likeness (QED) is 0.884. The third-order valence-electron chi connectivity index (χ3n) is 2.64. The van der Waals surface area contributed by atoms with Crippen molar-refractivity contribution in [2.24, 2.45) is 12.8 Å². The van der Waals surface area contributed by atoms with Gasteiger partial charge in [0.2, 0.25) is 10.0 Å². The van der Waals surface area contributed by atoms with Crippen molar-refractivity contribution in [1.82, 2.24) is 8.87 Å². The summed E-state index contributed by atoms with van der Waals surface area (Å²) in [6.07, 6.45) is -3.31. The second-order valence-electron chi connectivity index (χ2n) is 4.03. The molecule has 0 radical (unpaired) electrons. The molecule has 1 aromatic heterocycles. The Morgan fingerprint density at radius 2 is 2.00 bits per heavy atom. The number of hydrogen-bond acceptors (Lipinski definition) is 3. The van der Waals surface area contributed by atoms with Crippen LogP contribution in [-0.2, 0) is 23.6 Å². The SMILES string of the molecule is CCN(CC(F)(F)F)S(=O)(=O)c1cc(CN)n(C)c1. The van der Waals surface area contributed by atoms with Crippen LogP contribution in [0.4, 0.5) is 13.2 Å². The van der Waals surface area contributed by atoms with E-state index in [4.69, 9.17) is 5.73 Å². The standard InChI is InChI=1S/C10H16F3N3O2S/c1-3-16(7-10(11,12)13)19(17,18)9-4-8(5-14)15(2)6-9/h4,6H,3,5,7,14H2,1-2H3. The summed E-state index contributed by atoms with van der Waals surface area (Å²) in [7, 11) is -2.57. The highest BCUT2D eigenvalue weighted by Gasteiger charge is 2.36. The van der Waals surface area contributed by atoms with Crippen molar-refractivity contribution in [3.63, 3.8) is 0 Å². The molecule has 0 bridgehead atoms. The van der Waals surface area contributed by atoms with Crippen LogP contribution in [0.15, 0.2) is 17.2 Å². The van der Waals surface area contributed by atoms with Crippen molar-refractivity contribution in [2.75, 3.05) is 13.1 Å². The maximum Gasteiger partial charge on any atom is 0.402 e. The van der Waals surface area contributed by atoms with Gasteiger partial charge in [0.25, 0.3) is 0 Å². The fourth-order valence-electron chi connectivity index (χ4n) is 1.64. The van der Waals surface area contributed by atoms with Crippen molar-refractivity contribution in [2.45, 2.75) is 24.5 Å². The Balaban J connectivity index is 3.13. The third-order valence-corrected chi connectivity index (χ3v) is 4.52. The molecule has 2 N–H and O–H groups in total. The van der Waals surface area contributed by atoms with E-state index in [2.05, 4.69) is 0 Å². The molecule has 1 heterocycles. The lowest BCUT2D eigenvalue weighted by atomic mass is 10.4. The number of nitrogens with zero attached hydrogens (tertiary/aromatic N) is 2. The van der Waals surface area contributed by atoms with E-state index in [-0.39, 0.29) is 18.0 Å². The summed E-state index contributed by atoms with van der Waals surface area (Å²) in [6.45, 7) is -0.291. The van der Waals surface area contributed by atoms with Crippen molar-refractivity contribution >= 4 is 10.0 Å². The first-order valence-electron chi connectivity index (χ1n) is 5.54. The van der Waals surface area contributed by atoms with Crippen LogP contribution in [0.5, 0.6) is 0 Å². The maximum absolute atomic E-state index is 12.4. The van der Waals surface area contributed by atoms with Crippen LogP contribution in [-0.4, -0.2) is 36.6 Å². The zero-order valence-corrected chi connectivity index (χ0v) is 11.4. The molecule has 0 spiro atoms. The van der Waals surface area contributed by atoms with Gasteiger partial charge in [-0.05, 0) is 6.07 Å². The summed E-state index contributed by atoms with van der Waals surface area (Å²) < 4.78 is 63.1. The minimum atomic E-state index is -4.57. The normalized spacial score (nSPS) is 13.2. The fraction of sp³-hybridized carbons (Fsp3) is 0.600. The van der Waals surface area contributed by atoms with E-state index in [1.54, 1.807) is 7.05 Å². The Kier molecular flexibility index (Phi) is 4.64. The second-order valence-corrected chi connectivity index (χ2v) is 5.97. The van der Waals surface area contributed by atoms with Crippen LogP contribution >= 0.6 is 0 Å². The van der Waals surface area contributed by atoms with Gasteiger partial charge < -0.3 is 10.3 Å². The lowest BCUT2D eigenvalue weighted by molar-refractivity contribution is -0.135. The van der Waals surface area contributed by atoms with Crippen molar-refractivity contribution in [3.8, 4) is 0 Å². The van der Waals surface area contributed by atoms with E-state index in [1.807, 2.05) is 0 Å². The number of alkyl halides is 3. The van der Waals surface area contributed by atoms with Gasteiger partial charge in [-0.2, -0.15) is 17.5 Å². The van der Waals surface area contributed by atoms with Crippen molar-refractivity contribution < 1.29 is 21.6 Å². The molecule has 110 valence electrons. The topological polar surface area (TPSA) is 68.3 Å². The Hall–Kier alpha value is -1.06. The average molecular weight is 299 g/mol. The van der Waals surface area contributed by atoms with E-state index >= 15 is 0 Å². The monoisotopic (exact) mass is 299 g/mol. The summed E-state index contributed by atoms with van der Waals surface area (Å²) >= 11 is 0. The highest BCUT2D eigenvalue weighted by atomic mass is 32.2. The summed E-state index contributed by atoms with van der Waals surface area (Å²) in [5, 5.41) is 0. The highest BCUT2D eigenvalue weighted by Crippen LogP contribution is 2.23. The summed E-state index contributed by atoms with van der Waals surface area (Å²) in [5.41, 5.74) is 5.94. The molecular formula is C10H16F3N3O2S. The van der Waals surface area contributed by atoms with Gasteiger partial charge in [-0.1, -0.05) is 6.92 Å². The Labute approximate surface area is 109 Å². The first-order valence-corrected chi connectivity index (χ1v) is 6.98. The van der Waals surface area contributed by atoms with Gasteiger partial charge in [-0.25, -0.2) is 8.42 Å². The van der Waals surface area contributed by atoms with Gasteiger partial charge in [0.1, 0.15) is 11.4 Å². The second kappa shape index (κ2) is 5.51. The number of aryl methyl sites for hydroxylation is 1. The highest BCUT2D eigenvalue weighted by molar-refractivity contribution is 7.89. The minimum absolute atomic E-state index is 0.109. The van der Waals surface area contributed by atoms with Crippen LogP contribution in [0, 0.1) is 0 Å². The van der Waals surface area contributed by atoms with Gasteiger partial charge in [-0.15, -0.1) is 0 Å². The molecule has 1 aromatic rings. The third kappa shape index (κ3) is 3.71. The number of halogens is 3. The van der Waals surface area contributed by atoms with Crippen LogP contribution in [0.25, 0.3) is 0 Å². The molecule has 5 nitrogen and oxygen atoms in total. The molecule has 0 aliphatic rings. The van der Waals surface area contributed by atoms with E-state index in [0.717, 1.165) is 0 Å². The predicted octanol–water partition coefficient (Wildman–Crippen LogP) is 1.06. The fourth-order valence-corrected chi connectivity index (χ4v) is 3.17. The number of rotatable bonds is 5. The number of sulfonamides is 1. The molecule has 19 heavy (non-hydrogen) atoms. The summed E-state index contributed by atoms with van der Waals surface area (Å²) in [5.74, 6) is 0. The summed E-state index contributed by atoms with van der Waals surface area (Å²) in [4.78, 5) is -0.179. The van der Waals surface area contributed by atoms with Gasteiger partial charge in [0.15, 0.2) is 0 Å². The van der Waals surface area contributed by atoms with Gasteiger partial charge in [0, 0.05) is 32.0 Å². The molecule has 0 unspecified atom stereocenters. The summed E-state index contributed by atoms with van der Waals surface area (Å²) in [6, 6.07) is 1.29. The Bertz CT molecular complexity index is 537. The number of nitrogens with two attached hydrogens (primary N) is 1.